The van der Waals surface area contributed by atoms with Gasteiger partial charge in [0.25, 0.3) is 0 Å². The van der Waals surface area contributed by atoms with Crippen LogP contribution in [0.5, 0.6) is 11.5 Å². The zero-order valence-electron chi connectivity index (χ0n) is 19.9. The molecule has 2 aromatic carbocycles. The van der Waals surface area contributed by atoms with Crippen LogP contribution in [0.25, 0.3) is 6.08 Å². The molecule has 0 fully saturated rings. The van der Waals surface area contributed by atoms with E-state index in [9.17, 15) is 14.7 Å². The molecule has 0 atom stereocenters. The summed E-state index contributed by atoms with van der Waals surface area (Å²) in [7, 11) is 1.33. The first-order chi connectivity index (χ1) is 15.9. The normalized spacial score (nSPS) is 14.0. The molecule has 3 rings (SSSR count). The van der Waals surface area contributed by atoms with Crippen molar-refractivity contribution in [2.24, 2.45) is 0 Å². The molecule has 0 aromatic heterocycles. The number of aryl methyl sites for hydroxylation is 1. The van der Waals surface area contributed by atoms with Gasteiger partial charge in [-0.3, -0.25) is 9.69 Å². The van der Waals surface area contributed by atoms with Gasteiger partial charge in [0.05, 0.1) is 23.8 Å². The predicted octanol–water partition coefficient (Wildman–Crippen LogP) is 5.51. The Hall–Kier alpha value is -3.12. The number of phenolic OH excluding ortho intramolecular Hbond substituents is 1. The van der Waals surface area contributed by atoms with Gasteiger partial charge in [0.2, 0.25) is 5.78 Å². The van der Waals surface area contributed by atoms with Crippen molar-refractivity contribution < 1.29 is 24.2 Å². The number of hydrogen-bond donors (Lipinski definition) is 1. The van der Waals surface area contributed by atoms with Gasteiger partial charge in [-0.2, -0.15) is 0 Å². The van der Waals surface area contributed by atoms with Gasteiger partial charge in [0, 0.05) is 6.54 Å². The molecular weight excluding hydrogens is 418 g/mol. The number of benzene rings is 2. The Morgan fingerprint density at radius 3 is 2.33 bits per heavy atom. The van der Waals surface area contributed by atoms with Crippen LogP contribution in [-0.2, 0) is 11.3 Å². The largest absolute Gasteiger partial charge is 0.507 e. The van der Waals surface area contributed by atoms with Crippen LogP contribution in [0.4, 0.5) is 0 Å². The summed E-state index contributed by atoms with van der Waals surface area (Å²) in [6.45, 7) is 8.53. The van der Waals surface area contributed by atoms with Crippen LogP contribution < -0.4 is 4.74 Å². The molecule has 33 heavy (non-hydrogen) atoms. The average molecular weight is 452 g/mol. The monoisotopic (exact) mass is 451 g/mol. The Labute approximate surface area is 195 Å². The molecule has 1 N–H and O–H groups in total. The Bertz CT molecular complexity index is 1030. The molecule has 0 spiro atoms. The SMILES string of the molecule is CCCCN(CCCC)Cc1c(O)cc(C)c2c1O/C(=C/c1ccc(C(=O)OC)cc1)C2=O. The molecule has 6 nitrogen and oxygen atoms in total. The van der Waals surface area contributed by atoms with Crippen molar-refractivity contribution in [3.63, 3.8) is 0 Å². The second-order valence-corrected chi connectivity index (χ2v) is 8.43. The number of Topliss-reactive ketones (excluding diaryl/α,β-unsaturated/α-hetero) is 1. The summed E-state index contributed by atoms with van der Waals surface area (Å²) >= 11 is 0. The maximum absolute atomic E-state index is 13.2. The first-order valence-electron chi connectivity index (χ1n) is 11.6. The predicted molar refractivity (Wildman–Crippen MR) is 129 cm³/mol. The van der Waals surface area contributed by atoms with Crippen LogP contribution in [0.2, 0.25) is 0 Å². The van der Waals surface area contributed by atoms with E-state index in [4.69, 9.17) is 9.47 Å². The van der Waals surface area contributed by atoms with Gasteiger partial charge in [0.1, 0.15) is 11.5 Å². The number of nitrogens with zero attached hydrogens (tertiary/aromatic N) is 1. The van der Waals surface area contributed by atoms with E-state index in [2.05, 4.69) is 18.7 Å². The topological polar surface area (TPSA) is 76.1 Å². The van der Waals surface area contributed by atoms with E-state index in [1.165, 1.54) is 7.11 Å². The highest BCUT2D eigenvalue weighted by atomic mass is 16.5. The molecule has 6 heteroatoms. The van der Waals surface area contributed by atoms with E-state index in [1.54, 1.807) is 36.4 Å². The number of esters is 1. The summed E-state index contributed by atoms with van der Waals surface area (Å²) in [6, 6.07) is 8.42. The summed E-state index contributed by atoms with van der Waals surface area (Å²) in [5, 5.41) is 10.7. The van der Waals surface area contributed by atoms with Gasteiger partial charge in [-0.15, -0.1) is 0 Å². The third-order valence-electron chi connectivity index (χ3n) is 5.89. The molecule has 0 amide bonds. The van der Waals surface area contributed by atoms with Crippen LogP contribution in [0.15, 0.2) is 36.1 Å². The molecule has 176 valence electrons. The minimum Gasteiger partial charge on any atom is -0.507 e. The summed E-state index contributed by atoms with van der Waals surface area (Å²) < 4.78 is 10.8. The number of rotatable bonds is 10. The lowest BCUT2D eigenvalue weighted by atomic mass is 9.99. The standard InChI is InChI=1S/C27H33NO5/c1-5-7-13-28(14-8-6-2)17-21-22(29)15-18(3)24-25(30)23(33-26(21)24)16-19-9-11-20(12-10-19)27(31)32-4/h9-12,15-16,29H,5-8,13-14,17H2,1-4H3/b23-16+. The highest BCUT2D eigenvalue weighted by Crippen LogP contribution is 2.42. The fraction of sp³-hybridized carbons (Fsp3) is 0.407. The molecule has 0 saturated carbocycles. The van der Waals surface area contributed by atoms with Crippen LogP contribution in [0.1, 0.15) is 76.9 Å². The van der Waals surface area contributed by atoms with Gasteiger partial charge in [-0.05, 0) is 68.3 Å². The fourth-order valence-corrected chi connectivity index (χ4v) is 3.97. The van der Waals surface area contributed by atoms with Gasteiger partial charge in [-0.25, -0.2) is 4.79 Å². The van der Waals surface area contributed by atoms with Crippen molar-refractivity contribution >= 4 is 17.8 Å². The minimum absolute atomic E-state index is 0.153. The molecule has 0 saturated heterocycles. The van der Waals surface area contributed by atoms with Gasteiger partial charge in [-0.1, -0.05) is 38.8 Å². The zero-order valence-corrected chi connectivity index (χ0v) is 19.9. The van der Waals surface area contributed by atoms with Gasteiger partial charge >= 0.3 is 5.97 Å². The zero-order chi connectivity index (χ0) is 24.0. The highest BCUT2D eigenvalue weighted by molar-refractivity contribution is 6.15. The van der Waals surface area contributed by atoms with Crippen molar-refractivity contribution in [3.8, 4) is 11.5 Å². The second-order valence-electron chi connectivity index (χ2n) is 8.43. The number of aromatic hydroxyl groups is 1. The Balaban J connectivity index is 1.91. The fourth-order valence-electron chi connectivity index (χ4n) is 3.97. The van der Waals surface area contributed by atoms with E-state index >= 15 is 0 Å². The number of ketones is 1. The van der Waals surface area contributed by atoms with Crippen LogP contribution >= 0.6 is 0 Å². The van der Waals surface area contributed by atoms with Gasteiger partial charge in [0.15, 0.2) is 5.76 Å². The van der Waals surface area contributed by atoms with E-state index in [1.807, 2.05) is 6.92 Å². The summed E-state index contributed by atoms with van der Waals surface area (Å²) in [6.07, 6.45) is 6.00. The van der Waals surface area contributed by atoms with Gasteiger partial charge < -0.3 is 14.6 Å². The number of hydrogen-bond acceptors (Lipinski definition) is 6. The van der Waals surface area contributed by atoms with E-state index in [0.717, 1.165) is 44.3 Å². The van der Waals surface area contributed by atoms with E-state index in [0.29, 0.717) is 34.5 Å². The minimum atomic E-state index is -0.416. The number of ether oxygens (including phenoxy) is 2. The number of carbonyl (C=O) groups is 2. The van der Waals surface area contributed by atoms with Crippen molar-refractivity contribution in [1.82, 2.24) is 4.90 Å². The number of methoxy groups -OCH3 is 1. The average Bonchev–Trinajstić information content (AvgIpc) is 3.14. The molecule has 0 unspecified atom stereocenters. The third kappa shape index (κ3) is 5.63. The van der Waals surface area contributed by atoms with Crippen molar-refractivity contribution in [1.29, 1.82) is 0 Å². The summed E-state index contributed by atoms with van der Waals surface area (Å²) in [4.78, 5) is 27.1. The van der Waals surface area contributed by atoms with Crippen molar-refractivity contribution in [3.05, 3.63) is 63.9 Å². The molecule has 1 heterocycles. The Morgan fingerprint density at radius 2 is 1.76 bits per heavy atom. The molecule has 0 bridgehead atoms. The summed E-state index contributed by atoms with van der Waals surface area (Å²) in [5.41, 5.74) is 3.01. The number of fused-ring (bicyclic) bond motifs is 1. The quantitative estimate of drug-likeness (QED) is 0.379. The number of unbranched alkanes of at least 4 members (excludes halogenated alkanes) is 2. The molecule has 1 aliphatic rings. The highest BCUT2D eigenvalue weighted by Gasteiger charge is 2.33. The van der Waals surface area contributed by atoms with E-state index in [-0.39, 0.29) is 17.3 Å². The molecule has 1 aliphatic heterocycles. The second kappa shape index (κ2) is 11.1. The summed E-state index contributed by atoms with van der Waals surface area (Å²) in [5.74, 6) is 0.198. The maximum atomic E-state index is 13.2. The smallest absolute Gasteiger partial charge is 0.337 e. The van der Waals surface area contributed by atoms with Crippen LogP contribution in [-0.4, -0.2) is 42.0 Å². The third-order valence-corrected chi connectivity index (χ3v) is 5.89. The van der Waals surface area contributed by atoms with Crippen molar-refractivity contribution in [2.75, 3.05) is 20.2 Å². The number of carbonyl (C=O) groups excluding carboxylic acids is 2. The molecular formula is C27H33NO5. The molecule has 2 aromatic rings. The lowest BCUT2D eigenvalue weighted by Gasteiger charge is -2.23. The first kappa shape index (κ1) is 24.5. The lowest BCUT2D eigenvalue weighted by molar-refractivity contribution is 0.0600. The number of phenols is 1. The first-order valence-corrected chi connectivity index (χ1v) is 11.6. The Kier molecular flexibility index (Phi) is 8.28. The molecule has 0 aliphatic carbocycles. The lowest BCUT2D eigenvalue weighted by Crippen LogP contribution is -2.26. The van der Waals surface area contributed by atoms with Crippen molar-refractivity contribution in [2.45, 2.75) is 53.0 Å². The van der Waals surface area contributed by atoms with E-state index < -0.39 is 5.97 Å². The van der Waals surface area contributed by atoms with Crippen LogP contribution in [0, 0.1) is 6.92 Å². The maximum Gasteiger partial charge on any atom is 0.337 e. The Morgan fingerprint density at radius 1 is 1.12 bits per heavy atom. The van der Waals surface area contributed by atoms with Crippen LogP contribution in [0.3, 0.4) is 0 Å². The number of allylic oxidation sites excluding steroid dienone is 1. The molecule has 0 radical (unpaired) electrons.